The molecule has 0 radical (unpaired) electrons. The molecule has 0 saturated carbocycles. The SMILES string of the molecule is COc1ccc2c(CC(=O)NCc3ccccc3OC)cc(-c3ccccc3)nc2c1. The highest BCUT2D eigenvalue weighted by Gasteiger charge is 2.13. The molecular weight excluding hydrogens is 388 g/mol. The summed E-state index contributed by atoms with van der Waals surface area (Å²) in [5.74, 6) is 1.43. The molecule has 5 nitrogen and oxygen atoms in total. The van der Waals surface area contributed by atoms with Crippen molar-refractivity contribution >= 4 is 16.8 Å². The van der Waals surface area contributed by atoms with Crippen molar-refractivity contribution in [2.45, 2.75) is 13.0 Å². The summed E-state index contributed by atoms with van der Waals surface area (Å²) in [6.45, 7) is 0.408. The summed E-state index contributed by atoms with van der Waals surface area (Å²) in [5, 5.41) is 3.94. The number of ether oxygens (including phenoxy) is 2. The zero-order chi connectivity index (χ0) is 21.6. The lowest BCUT2D eigenvalue weighted by Crippen LogP contribution is -2.25. The van der Waals surface area contributed by atoms with E-state index < -0.39 is 0 Å². The fraction of sp³-hybridized carbons (Fsp3) is 0.154. The van der Waals surface area contributed by atoms with Gasteiger partial charge in [0.15, 0.2) is 0 Å². The van der Waals surface area contributed by atoms with Crippen LogP contribution in [0.4, 0.5) is 0 Å². The quantitative estimate of drug-likeness (QED) is 0.475. The molecule has 1 N–H and O–H groups in total. The molecule has 0 aliphatic rings. The summed E-state index contributed by atoms with van der Waals surface area (Å²) in [7, 11) is 3.26. The van der Waals surface area contributed by atoms with Crippen LogP contribution < -0.4 is 14.8 Å². The van der Waals surface area contributed by atoms with Crippen molar-refractivity contribution < 1.29 is 14.3 Å². The first-order chi connectivity index (χ1) is 15.2. The van der Waals surface area contributed by atoms with Gasteiger partial charge in [0.05, 0.1) is 31.9 Å². The average Bonchev–Trinajstić information content (AvgIpc) is 2.83. The molecule has 5 heteroatoms. The number of methoxy groups -OCH3 is 2. The lowest BCUT2D eigenvalue weighted by atomic mass is 10.0. The van der Waals surface area contributed by atoms with Gasteiger partial charge in [0.1, 0.15) is 11.5 Å². The van der Waals surface area contributed by atoms with Crippen LogP contribution in [0.25, 0.3) is 22.2 Å². The molecule has 0 atom stereocenters. The first kappa shape index (κ1) is 20.4. The number of nitrogens with one attached hydrogen (secondary N) is 1. The lowest BCUT2D eigenvalue weighted by molar-refractivity contribution is -0.120. The summed E-state index contributed by atoms with van der Waals surface area (Å²) in [6.07, 6.45) is 0.250. The molecule has 0 aliphatic carbocycles. The summed E-state index contributed by atoms with van der Waals surface area (Å²) in [6, 6.07) is 25.4. The van der Waals surface area contributed by atoms with E-state index in [9.17, 15) is 4.79 Å². The van der Waals surface area contributed by atoms with E-state index in [1.807, 2.05) is 78.9 Å². The number of fused-ring (bicyclic) bond motifs is 1. The lowest BCUT2D eigenvalue weighted by Gasteiger charge is -2.12. The summed E-state index contributed by atoms with van der Waals surface area (Å²) in [5.41, 5.74) is 4.49. The van der Waals surface area contributed by atoms with Gasteiger partial charge in [-0.2, -0.15) is 0 Å². The molecule has 0 aliphatic heterocycles. The van der Waals surface area contributed by atoms with E-state index in [0.717, 1.165) is 44.8 Å². The van der Waals surface area contributed by atoms with Crippen LogP contribution in [0, 0.1) is 0 Å². The second-order valence-electron chi connectivity index (χ2n) is 7.18. The van der Waals surface area contributed by atoms with E-state index in [4.69, 9.17) is 14.5 Å². The molecule has 0 spiro atoms. The maximum Gasteiger partial charge on any atom is 0.224 e. The van der Waals surface area contributed by atoms with Crippen molar-refractivity contribution in [2.75, 3.05) is 14.2 Å². The van der Waals surface area contributed by atoms with Crippen molar-refractivity contribution in [2.24, 2.45) is 0 Å². The highest BCUT2D eigenvalue weighted by molar-refractivity contribution is 5.90. The third-order valence-corrected chi connectivity index (χ3v) is 5.19. The molecule has 0 bridgehead atoms. The van der Waals surface area contributed by atoms with Gasteiger partial charge in [-0.1, -0.05) is 48.5 Å². The van der Waals surface area contributed by atoms with Gasteiger partial charge in [-0.15, -0.1) is 0 Å². The number of carbonyl (C=O) groups excluding carboxylic acids is 1. The maximum absolute atomic E-state index is 12.8. The van der Waals surface area contributed by atoms with Crippen LogP contribution in [0.5, 0.6) is 11.5 Å². The van der Waals surface area contributed by atoms with Gasteiger partial charge in [-0.3, -0.25) is 4.79 Å². The van der Waals surface area contributed by atoms with Crippen molar-refractivity contribution in [1.29, 1.82) is 0 Å². The number of carbonyl (C=O) groups is 1. The fourth-order valence-electron chi connectivity index (χ4n) is 3.59. The number of amides is 1. The Kier molecular flexibility index (Phi) is 6.13. The predicted octanol–water partition coefficient (Wildman–Crippen LogP) is 4.78. The molecule has 3 aromatic carbocycles. The minimum Gasteiger partial charge on any atom is -0.497 e. The Labute approximate surface area is 181 Å². The van der Waals surface area contributed by atoms with Gasteiger partial charge in [-0.05, 0) is 29.8 Å². The number of para-hydroxylation sites is 1. The number of rotatable bonds is 7. The number of pyridine rings is 1. The topological polar surface area (TPSA) is 60.5 Å². The van der Waals surface area contributed by atoms with Crippen LogP contribution in [0.1, 0.15) is 11.1 Å². The normalized spacial score (nSPS) is 10.6. The molecule has 0 unspecified atom stereocenters. The first-order valence-corrected chi connectivity index (χ1v) is 10.1. The minimum atomic E-state index is -0.0618. The Bertz CT molecular complexity index is 1210. The van der Waals surface area contributed by atoms with Crippen molar-refractivity contribution in [3.63, 3.8) is 0 Å². The predicted molar refractivity (Wildman–Crippen MR) is 122 cm³/mol. The highest BCUT2D eigenvalue weighted by Crippen LogP contribution is 2.28. The monoisotopic (exact) mass is 412 g/mol. The third kappa shape index (κ3) is 4.67. The number of nitrogens with zero attached hydrogens (tertiary/aromatic N) is 1. The van der Waals surface area contributed by atoms with E-state index in [1.165, 1.54) is 0 Å². The standard InChI is InChI=1S/C26H24N2O3/c1-30-21-12-13-22-20(14-23(28-24(22)16-21)18-8-4-3-5-9-18)15-26(29)27-17-19-10-6-7-11-25(19)31-2/h3-14,16H,15,17H2,1-2H3,(H,27,29). The molecule has 0 fully saturated rings. The van der Waals surface area contributed by atoms with Crippen LogP contribution in [0.2, 0.25) is 0 Å². The van der Waals surface area contributed by atoms with Gasteiger partial charge in [0.25, 0.3) is 0 Å². The van der Waals surface area contributed by atoms with E-state index in [2.05, 4.69) is 5.32 Å². The zero-order valence-corrected chi connectivity index (χ0v) is 17.6. The molecular formula is C26H24N2O3. The molecule has 31 heavy (non-hydrogen) atoms. The van der Waals surface area contributed by atoms with Crippen LogP contribution in [0.3, 0.4) is 0 Å². The van der Waals surface area contributed by atoms with Gasteiger partial charge in [-0.25, -0.2) is 4.98 Å². The molecule has 156 valence electrons. The van der Waals surface area contributed by atoms with Crippen molar-refractivity contribution in [3.8, 4) is 22.8 Å². The largest absolute Gasteiger partial charge is 0.497 e. The smallest absolute Gasteiger partial charge is 0.224 e. The van der Waals surface area contributed by atoms with E-state index >= 15 is 0 Å². The summed E-state index contributed by atoms with van der Waals surface area (Å²) < 4.78 is 10.7. The van der Waals surface area contributed by atoms with Gasteiger partial charge < -0.3 is 14.8 Å². The maximum atomic E-state index is 12.8. The second kappa shape index (κ2) is 9.30. The highest BCUT2D eigenvalue weighted by atomic mass is 16.5. The summed E-state index contributed by atoms with van der Waals surface area (Å²) in [4.78, 5) is 17.6. The van der Waals surface area contributed by atoms with Crippen LogP contribution >= 0.6 is 0 Å². The third-order valence-electron chi connectivity index (χ3n) is 5.19. The number of aromatic nitrogens is 1. The Hall–Kier alpha value is -3.86. The van der Waals surface area contributed by atoms with Gasteiger partial charge >= 0.3 is 0 Å². The zero-order valence-electron chi connectivity index (χ0n) is 17.6. The first-order valence-electron chi connectivity index (χ1n) is 10.1. The Morgan fingerprint density at radius 1 is 0.871 bits per heavy atom. The number of benzene rings is 3. The van der Waals surface area contributed by atoms with Gasteiger partial charge in [0, 0.05) is 29.1 Å². The molecule has 1 heterocycles. The Morgan fingerprint density at radius 2 is 1.65 bits per heavy atom. The minimum absolute atomic E-state index is 0.0618. The summed E-state index contributed by atoms with van der Waals surface area (Å²) >= 11 is 0. The molecule has 0 saturated heterocycles. The number of hydrogen-bond acceptors (Lipinski definition) is 4. The molecule has 1 amide bonds. The second-order valence-corrected chi connectivity index (χ2v) is 7.18. The van der Waals surface area contributed by atoms with E-state index in [1.54, 1.807) is 14.2 Å². The Morgan fingerprint density at radius 3 is 2.42 bits per heavy atom. The van der Waals surface area contributed by atoms with Crippen molar-refractivity contribution in [3.05, 3.63) is 90.0 Å². The Balaban J connectivity index is 1.63. The van der Waals surface area contributed by atoms with Crippen LogP contribution in [-0.4, -0.2) is 25.1 Å². The van der Waals surface area contributed by atoms with Crippen LogP contribution in [0.15, 0.2) is 78.9 Å². The van der Waals surface area contributed by atoms with Gasteiger partial charge in [0.2, 0.25) is 5.91 Å². The molecule has 4 aromatic rings. The average molecular weight is 412 g/mol. The number of hydrogen-bond donors (Lipinski definition) is 1. The van der Waals surface area contributed by atoms with Crippen LogP contribution in [-0.2, 0) is 17.8 Å². The van der Waals surface area contributed by atoms with E-state index in [0.29, 0.717) is 6.54 Å². The van der Waals surface area contributed by atoms with Crippen molar-refractivity contribution in [1.82, 2.24) is 10.3 Å². The molecule has 4 rings (SSSR count). The fourth-order valence-corrected chi connectivity index (χ4v) is 3.59. The molecule has 1 aromatic heterocycles. The van der Waals surface area contributed by atoms with E-state index in [-0.39, 0.29) is 12.3 Å².